The van der Waals surface area contributed by atoms with Crippen molar-refractivity contribution in [3.8, 4) is 0 Å². The lowest BCUT2D eigenvalue weighted by molar-refractivity contribution is 0.494. The molecule has 0 aliphatic heterocycles. The molecule has 1 rings (SSSR count). The van der Waals surface area contributed by atoms with Gasteiger partial charge in [-0.15, -0.1) is 0 Å². The SMILES string of the molecule is CC(C)(C)NS(=O)(=O)Nc1ccc(Br)c(N)c1. The first kappa shape index (κ1) is 14.3. The molecule has 0 aliphatic rings. The molecule has 0 bridgehead atoms. The predicted octanol–water partition coefficient (Wildman–Crippen LogP) is 2.08. The second kappa shape index (κ2) is 4.83. The molecular weight excluding hydrogens is 306 g/mol. The van der Waals surface area contributed by atoms with Gasteiger partial charge in [0, 0.05) is 15.7 Å². The van der Waals surface area contributed by atoms with Gasteiger partial charge in [-0.2, -0.15) is 13.1 Å². The van der Waals surface area contributed by atoms with E-state index in [0.717, 1.165) is 4.47 Å². The summed E-state index contributed by atoms with van der Waals surface area (Å²) >= 11 is 3.24. The fraction of sp³-hybridized carbons (Fsp3) is 0.400. The fourth-order valence-electron chi connectivity index (χ4n) is 1.19. The van der Waals surface area contributed by atoms with Gasteiger partial charge >= 0.3 is 0 Å². The summed E-state index contributed by atoms with van der Waals surface area (Å²) in [5, 5.41) is 0. The van der Waals surface area contributed by atoms with E-state index in [1.54, 1.807) is 39.0 Å². The van der Waals surface area contributed by atoms with Crippen molar-refractivity contribution in [3.63, 3.8) is 0 Å². The monoisotopic (exact) mass is 321 g/mol. The third-order valence-corrected chi connectivity index (χ3v) is 3.80. The van der Waals surface area contributed by atoms with Crippen molar-refractivity contribution in [2.24, 2.45) is 0 Å². The average Bonchev–Trinajstić information content (AvgIpc) is 2.06. The standard InChI is InChI=1S/C10H16BrN3O2S/c1-10(2,3)14-17(15,16)13-7-4-5-8(11)9(12)6-7/h4-6,13-14H,12H2,1-3H3. The minimum Gasteiger partial charge on any atom is -0.398 e. The first-order valence-corrected chi connectivity index (χ1v) is 7.23. The molecule has 0 saturated carbocycles. The van der Waals surface area contributed by atoms with Crippen molar-refractivity contribution in [1.82, 2.24) is 4.72 Å². The van der Waals surface area contributed by atoms with Crippen molar-refractivity contribution in [3.05, 3.63) is 22.7 Å². The third-order valence-electron chi connectivity index (χ3n) is 1.69. The van der Waals surface area contributed by atoms with Gasteiger partial charge in [0.15, 0.2) is 0 Å². The Bertz CT molecular complexity index is 509. The fourth-order valence-corrected chi connectivity index (χ4v) is 2.73. The van der Waals surface area contributed by atoms with Gasteiger partial charge in [0.05, 0.1) is 5.69 Å². The Morgan fingerprint density at radius 1 is 1.29 bits per heavy atom. The van der Waals surface area contributed by atoms with Gasteiger partial charge in [-0.1, -0.05) is 0 Å². The summed E-state index contributed by atoms with van der Waals surface area (Å²) < 4.78 is 29.1. The summed E-state index contributed by atoms with van der Waals surface area (Å²) in [4.78, 5) is 0. The summed E-state index contributed by atoms with van der Waals surface area (Å²) in [5.41, 5.74) is 6.02. The van der Waals surface area contributed by atoms with Gasteiger partial charge in [0.25, 0.3) is 10.2 Å². The van der Waals surface area contributed by atoms with Gasteiger partial charge in [-0.05, 0) is 54.9 Å². The molecule has 0 aliphatic carbocycles. The van der Waals surface area contributed by atoms with E-state index in [1.165, 1.54) is 0 Å². The van der Waals surface area contributed by atoms with E-state index in [1.807, 2.05) is 0 Å². The summed E-state index contributed by atoms with van der Waals surface area (Å²) in [5.74, 6) is 0. The van der Waals surface area contributed by atoms with E-state index in [2.05, 4.69) is 25.4 Å². The largest absolute Gasteiger partial charge is 0.398 e. The molecule has 1 aromatic rings. The van der Waals surface area contributed by atoms with E-state index in [4.69, 9.17) is 5.73 Å². The van der Waals surface area contributed by atoms with Crippen molar-refractivity contribution in [1.29, 1.82) is 0 Å². The van der Waals surface area contributed by atoms with Crippen molar-refractivity contribution >= 4 is 37.5 Å². The molecule has 17 heavy (non-hydrogen) atoms. The normalized spacial score (nSPS) is 12.5. The number of benzene rings is 1. The number of hydrogen-bond acceptors (Lipinski definition) is 3. The molecular formula is C10H16BrN3O2S. The van der Waals surface area contributed by atoms with Crippen LogP contribution in [0, 0.1) is 0 Å². The van der Waals surface area contributed by atoms with E-state index < -0.39 is 15.7 Å². The zero-order chi connectivity index (χ0) is 13.3. The average molecular weight is 322 g/mol. The number of anilines is 2. The van der Waals surface area contributed by atoms with Crippen LogP contribution in [-0.4, -0.2) is 14.0 Å². The lowest BCUT2D eigenvalue weighted by Gasteiger charge is -2.21. The molecule has 0 atom stereocenters. The number of nitrogens with one attached hydrogen (secondary N) is 2. The summed E-state index contributed by atoms with van der Waals surface area (Å²) in [6, 6.07) is 4.86. The summed E-state index contributed by atoms with van der Waals surface area (Å²) in [7, 11) is -3.59. The maximum absolute atomic E-state index is 11.7. The molecule has 0 amide bonds. The smallest absolute Gasteiger partial charge is 0.299 e. The number of halogens is 1. The van der Waals surface area contributed by atoms with E-state index in [9.17, 15) is 8.42 Å². The first-order chi connectivity index (χ1) is 7.59. The van der Waals surface area contributed by atoms with Crippen LogP contribution in [-0.2, 0) is 10.2 Å². The topological polar surface area (TPSA) is 84.2 Å². The highest BCUT2D eigenvalue weighted by molar-refractivity contribution is 9.10. The molecule has 0 saturated heterocycles. The van der Waals surface area contributed by atoms with Crippen LogP contribution in [0.4, 0.5) is 11.4 Å². The van der Waals surface area contributed by atoms with Crippen molar-refractivity contribution in [2.45, 2.75) is 26.3 Å². The minimum absolute atomic E-state index is 0.419. The van der Waals surface area contributed by atoms with Crippen molar-refractivity contribution in [2.75, 3.05) is 10.5 Å². The maximum atomic E-state index is 11.7. The van der Waals surface area contributed by atoms with Crippen LogP contribution in [0.5, 0.6) is 0 Å². The summed E-state index contributed by atoms with van der Waals surface area (Å²) in [6.45, 7) is 5.30. The van der Waals surface area contributed by atoms with E-state index in [0.29, 0.717) is 11.4 Å². The van der Waals surface area contributed by atoms with Crippen LogP contribution in [0.3, 0.4) is 0 Å². The maximum Gasteiger partial charge on any atom is 0.299 e. The molecule has 4 N–H and O–H groups in total. The highest BCUT2D eigenvalue weighted by Crippen LogP contribution is 2.23. The lowest BCUT2D eigenvalue weighted by atomic mass is 10.1. The second-order valence-corrected chi connectivity index (χ2v) is 6.96. The molecule has 0 aromatic heterocycles. The number of nitrogen functional groups attached to an aromatic ring is 1. The Kier molecular flexibility index (Phi) is 4.06. The van der Waals surface area contributed by atoms with Gasteiger partial charge in [-0.25, -0.2) is 0 Å². The molecule has 0 unspecified atom stereocenters. The van der Waals surface area contributed by atoms with Crippen molar-refractivity contribution < 1.29 is 8.42 Å². The zero-order valence-corrected chi connectivity index (χ0v) is 12.3. The zero-order valence-electron chi connectivity index (χ0n) is 9.91. The van der Waals surface area contributed by atoms with Crippen LogP contribution in [0.2, 0.25) is 0 Å². The first-order valence-electron chi connectivity index (χ1n) is 4.96. The molecule has 0 radical (unpaired) electrons. The predicted molar refractivity (Wildman–Crippen MR) is 74.0 cm³/mol. The van der Waals surface area contributed by atoms with Crippen LogP contribution in [0.25, 0.3) is 0 Å². The second-order valence-electron chi connectivity index (χ2n) is 4.69. The molecule has 0 heterocycles. The van der Waals surface area contributed by atoms with Crippen LogP contribution < -0.4 is 15.2 Å². The number of hydrogen-bond donors (Lipinski definition) is 3. The lowest BCUT2D eigenvalue weighted by Crippen LogP contribution is -2.43. The molecule has 0 spiro atoms. The van der Waals surface area contributed by atoms with Crippen LogP contribution in [0.15, 0.2) is 22.7 Å². The Morgan fingerprint density at radius 3 is 2.35 bits per heavy atom. The molecule has 0 fully saturated rings. The van der Waals surface area contributed by atoms with Crippen LogP contribution in [0.1, 0.15) is 20.8 Å². The minimum atomic E-state index is -3.59. The van der Waals surface area contributed by atoms with E-state index in [-0.39, 0.29) is 0 Å². The quantitative estimate of drug-likeness (QED) is 0.745. The Balaban J connectivity index is 2.87. The summed E-state index contributed by atoms with van der Waals surface area (Å²) in [6.07, 6.45) is 0. The Hall–Kier alpha value is -0.790. The molecule has 5 nitrogen and oxygen atoms in total. The Morgan fingerprint density at radius 2 is 1.88 bits per heavy atom. The Labute approximate surface area is 110 Å². The van der Waals surface area contributed by atoms with Gasteiger partial charge in [0.2, 0.25) is 0 Å². The van der Waals surface area contributed by atoms with Gasteiger partial charge in [-0.3, -0.25) is 4.72 Å². The highest BCUT2D eigenvalue weighted by atomic mass is 79.9. The van der Waals surface area contributed by atoms with Gasteiger partial charge < -0.3 is 5.73 Å². The van der Waals surface area contributed by atoms with E-state index >= 15 is 0 Å². The molecule has 1 aromatic carbocycles. The highest BCUT2D eigenvalue weighted by Gasteiger charge is 2.19. The molecule has 7 heteroatoms. The van der Waals surface area contributed by atoms with Crippen LogP contribution >= 0.6 is 15.9 Å². The molecule has 96 valence electrons. The number of nitrogens with two attached hydrogens (primary N) is 1. The number of rotatable bonds is 3. The van der Waals surface area contributed by atoms with Gasteiger partial charge in [0.1, 0.15) is 0 Å². The third kappa shape index (κ3) is 4.93.